The number of carbonyl (C=O) groups excluding carboxylic acids is 2. The highest BCUT2D eigenvalue weighted by Crippen LogP contribution is 2.31. The molecule has 2 N–H and O–H groups in total. The highest BCUT2D eigenvalue weighted by molar-refractivity contribution is 6.11. The quantitative estimate of drug-likeness (QED) is 0.421. The Kier molecular flexibility index (Phi) is 6.63. The molecule has 0 aliphatic carbocycles. The minimum absolute atomic E-state index is 0.125. The van der Waals surface area contributed by atoms with Gasteiger partial charge in [0, 0.05) is 5.39 Å². The average Bonchev–Trinajstić information content (AvgIpc) is 2.83. The standard InChI is InChI=1S/C26H22N2O4/c29-24(17-31-20-11-3-1-4-12-20)27-22-15-7-9-19-10-8-16-23(26(19)22)28-25(30)18-32-21-13-5-2-6-14-21/h1-16H,17-18H2,(H,27,29)(H,28,30). The predicted octanol–water partition coefficient (Wildman–Crippen LogP) is 4.87. The first-order valence-electron chi connectivity index (χ1n) is 10.2. The van der Waals surface area contributed by atoms with Gasteiger partial charge < -0.3 is 20.1 Å². The zero-order valence-corrected chi connectivity index (χ0v) is 17.3. The number of hydrogen-bond donors (Lipinski definition) is 2. The molecule has 32 heavy (non-hydrogen) atoms. The van der Waals surface area contributed by atoms with Gasteiger partial charge in [0.1, 0.15) is 11.5 Å². The lowest BCUT2D eigenvalue weighted by molar-refractivity contribution is -0.118. The molecule has 6 heteroatoms. The van der Waals surface area contributed by atoms with Gasteiger partial charge in [0.25, 0.3) is 11.8 Å². The summed E-state index contributed by atoms with van der Waals surface area (Å²) in [6.07, 6.45) is 0. The predicted molar refractivity (Wildman–Crippen MR) is 125 cm³/mol. The number of para-hydroxylation sites is 2. The van der Waals surface area contributed by atoms with Gasteiger partial charge in [0.2, 0.25) is 0 Å². The van der Waals surface area contributed by atoms with Crippen LogP contribution in [0.4, 0.5) is 11.4 Å². The molecule has 4 aromatic rings. The Bertz CT molecular complexity index is 1120. The summed E-state index contributed by atoms with van der Waals surface area (Å²) < 4.78 is 11.0. The fourth-order valence-corrected chi connectivity index (χ4v) is 3.25. The summed E-state index contributed by atoms with van der Waals surface area (Å²) in [5.41, 5.74) is 1.17. The zero-order valence-electron chi connectivity index (χ0n) is 17.3. The Morgan fingerprint density at radius 1 is 0.562 bits per heavy atom. The van der Waals surface area contributed by atoms with Crippen LogP contribution in [0.5, 0.6) is 11.5 Å². The molecule has 0 bridgehead atoms. The second kappa shape index (κ2) is 10.1. The van der Waals surface area contributed by atoms with Crippen LogP contribution in [0.3, 0.4) is 0 Å². The fraction of sp³-hybridized carbons (Fsp3) is 0.0769. The number of nitrogens with one attached hydrogen (secondary N) is 2. The summed E-state index contributed by atoms with van der Waals surface area (Å²) in [5.74, 6) is 0.642. The van der Waals surface area contributed by atoms with Gasteiger partial charge in [-0.05, 0) is 41.8 Å². The van der Waals surface area contributed by atoms with Crippen molar-refractivity contribution in [3.05, 3.63) is 97.1 Å². The first-order chi connectivity index (χ1) is 15.7. The van der Waals surface area contributed by atoms with Crippen molar-refractivity contribution in [3.8, 4) is 11.5 Å². The molecule has 0 saturated heterocycles. The van der Waals surface area contributed by atoms with E-state index in [4.69, 9.17) is 9.47 Å². The van der Waals surface area contributed by atoms with Crippen LogP contribution < -0.4 is 20.1 Å². The molecule has 0 spiro atoms. The first kappa shape index (κ1) is 20.9. The normalized spacial score (nSPS) is 10.4. The minimum atomic E-state index is -0.296. The van der Waals surface area contributed by atoms with Crippen molar-refractivity contribution in [1.82, 2.24) is 0 Å². The Morgan fingerprint density at radius 2 is 1.00 bits per heavy atom. The number of ether oxygens (including phenoxy) is 2. The van der Waals surface area contributed by atoms with Crippen molar-refractivity contribution in [3.63, 3.8) is 0 Å². The van der Waals surface area contributed by atoms with Gasteiger partial charge in [0.15, 0.2) is 13.2 Å². The van der Waals surface area contributed by atoms with Crippen LogP contribution >= 0.6 is 0 Å². The third-order valence-corrected chi connectivity index (χ3v) is 4.68. The molecule has 0 aliphatic rings. The number of hydrogen-bond acceptors (Lipinski definition) is 4. The maximum atomic E-state index is 12.5. The van der Waals surface area contributed by atoms with Crippen LogP contribution in [0.15, 0.2) is 97.1 Å². The molecule has 0 unspecified atom stereocenters. The van der Waals surface area contributed by atoms with E-state index in [-0.39, 0.29) is 25.0 Å². The number of anilines is 2. The van der Waals surface area contributed by atoms with E-state index in [0.29, 0.717) is 22.9 Å². The number of rotatable bonds is 8. The van der Waals surface area contributed by atoms with Crippen LogP contribution in [0.1, 0.15) is 0 Å². The van der Waals surface area contributed by atoms with Gasteiger partial charge in [0.05, 0.1) is 11.4 Å². The molecule has 0 saturated carbocycles. The Morgan fingerprint density at radius 3 is 1.44 bits per heavy atom. The smallest absolute Gasteiger partial charge is 0.262 e. The van der Waals surface area contributed by atoms with Crippen molar-refractivity contribution in [2.75, 3.05) is 23.8 Å². The summed E-state index contributed by atoms with van der Waals surface area (Å²) in [6, 6.07) is 29.4. The highest BCUT2D eigenvalue weighted by atomic mass is 16.5. The topological polar surface area (TPSA) is 76.7 Å². The SMILES string of the molecule is O=C(COc1ccccc1)Nc1cccc2cccc(NC(=O)COc3ccccc3)c12. The van der Waals surface area contributed by atoms with Crippen LogP contribution in [0.25, 0.3) is 10.8 Å². The summed E-state index contributed by atoms with van der Waals surface area (Å²) >= 11 is 0. The minimum Gasteiger partial charge on any atom is -0.484 e. The van der Waals surface area contributed by atoms with Crippen LogP contribution in [-0.4, -0.2) is 25.0 Å². The van der Waals surface area contributed by atoms with Gasteiger partial charge in [-0.15, -0.1) is 0 Å². The molecule has 4 aromatic carbocycles. The maximum absolute atomic E-state index is 12.5. The van der Waals surface area contributed by atoms with E-state index in [1.807, 2.05) is 60.7 Å². The largest absolute Gasteiger partial charge is 0.484 e. The van der Waals surface area contributed by atoms with Crippen molar-refractivity contribution in [2.45, 2.75) is 0 Å². The van der Waals surface area contributed by atoms with Crippen LogP contribution in [-0.2, 0) is 9.59 Å². The molecule has 0 atom stereocenters. The average molecular weight is 426 g/mol. The fourth-order valence-electron chi connectivity index (χ4n) is 3.25. The van der Waals surface area contributed by atoms with Crippen molar-refractivity contribution in [2.24, 2.45) is 0 Å². The molecule has 0 aromatic heterocycles. The number of carbonyl (C=O) groups is 2. The Balaban J connectivity index is 1.46. The van der Waals surface area contributed by atoms with Gasteiger partial charge in [-0.2, -0.15) is 0 Å². The summed E-state index contributed by atoms with van der Waals surface area (Å²) in [5, 5.41) is 7.38. The van der Waals surface area contributed by atoms with Gasteiger partial charge in [-0.1, -0.05) is 60.7 Å². The first-order valence-corrected chi connectivity index (χ1v) is 10.2. The van der Waals surface area contributed by atoms with Crippen molar-refractivity contribution < 1.29 is 19.1 Å². The molecule has 0 fully saturated rings. The van der Waals surface area contributed by atoms with Crippen LogP contribution in [0, 0.1) is 0 Å². The monoisotopic (exact) mass is 426 g/mol. The van der Waals surface area contributed by atoms with E-state index in [0.717, 1.165) is 10.8 Å². The lowest BCUT2D eigenvalue weighted by atomic mass is 10.1. The molecule has 6 nitrogen and oxygen atoms in total. The summed E-state index contributed by atoms with van der Waals surface area (Å²) in [6.45, 7) is -0.250. The van der Waals surface area contributed by atoms with E-state index >= 15 is 0 Å². The van der Waals surface area contributed by atoms with Gasteiger partial charge in [-0.3, -0.25) is 9.59 Å². The number of fused-ring (bicyclic) bond motifs is 1. The second-order valence-electron chi connectivity index (χ2n) is 7.01. The zero-order chi connectivity index (χ0) is 22.2. The van der Waals surface area contributed by atoms with Crippen molar-refractivity contribution in [1.29, 1.82) is 0 Å². The third-order valence-electron chi connectivity index (χ3n) is 4.68. The molecule has 0 aliphatic heterocycles. The maximum Gasteiger partial charge on any atom is 0.262 e. The van der Waals surface area contributed by atoms with Gasteiger partial charge >= 0.3 is 0 Å². The third kappa shape index (κ3) is 5.43. The van der Waals surface area contributed by atoms with Crippen LogP contribution in [0.2, 0.25) is 0 Å². The summed E-state index contributed by atoms with van der Waals surface area (Å²) in [7, 11) is 0. The van der Waals surface area contributed by atoms with E-state index in [1.165, 1.54) is 0 Å². The molecule has 0 heterocycles. The molecule has 4 rings (SSSR count). The lowest BCUT2D eigenvalue weighted by Gasteiger charge is -2.14. The highest BCUT2D eigenvalue weighted by Gasteiger charge is 2.12. The molecule has 0 radical (unpaired) electrons. The number of benzene rings is 4. The van der Waals surface area contributed by atoms with E-state index in [9.17, 15) is 9.59 Å². The molecular formula is C26H22N2O4. The lowest BCUT2D eigenvalue weighted by Crippen LogP contribution is -2.22. The molecule has 160 valence electrons. The second-order valence-corrected chi connectivity index (χ2v) is 7.01. The van der Waals surface area contributed by atoms with Gasteiger partial charge in [-0.25, -0.2) is 0 Å². The van der Waals surface area contributed by atoms with E-state index < -0.39 is 0 Å². The summed E-state index contributed by atoms with van der Waals surface area (Å²) in [4.78, 5) is 25.0. The number of amides is 2. The van der Waals surface area contributed by atoms with Crippen molar-refractivity contribution >= 4 is 34.0 Å². The Hall–Kier alpha value is -4.32. The molecular weight excluding hydrogens is 404 g/mol. The molecule has 2 amide bonds. The van der Waals surface area contributed by atoms with E-state index in [2.05, 4.69) is 10.6 Å². The van der Waals surface area contributed by atoms with E-state index in [1.54, 1.807) is 36.4 Å². The Labute approximate surface area is 185 Å².